The third-order valence-electron chi connectivity index (χ3n) is 3.74. The minimum Gasteiger partial charge on any atom is -0.382 e. The fraction of sp³-hybridized carbons (Fsp3) is 0.750. The van der Waals surface area contributed by atoms with Crippen molar-refractivity contribution < 1.29 is 8.42 Å². The van der Waals surface area contributed by atoms with Gasteiger partial charge in [-0.15, -0.1) is 0 Å². The molecule has 5 nitrogen and oxygen atoms in total. The standard InChI is InChI=1S/C12H21N3O2S2/c1-3-9-5-4-7-15(8-6-9)12-10(19(2,16)17)11(13)14-18-12/h9H,3-8H2,1-2H3,(H2,13,14). The molecule has 0 saturated carbocycles. The first-order chi connectivity index (χ1) is 8.93. The van der Waals surface area contributed by atoms with E-state index in [4.69, 9.17) is 5.73 Å². The molecule has 1 unspecified atom stereocenters. The highest BCUT2D eigenvalue weighted by Gasteiger charge is 2.26. The van der Waals surface area contributed by atoms with Crippen LogP contribution in [-0.2, 0) is 9.84 Å². The van der Waals surface area contributed by atoms with Gasteiger partial charge in [-0.1, -0.05) is 13.3 Å². The molecule has 0 aliphatic carbocycles. The van der Waals surface area contributed by atoms with Gasteiger partial charge in [0, 0.05) is 19.3 Å². The number of anilines is 2. The van der Waals surface area contributed by atoms with Gasteiger partial charge in [0.25, 0.3) is 0 Å². The molecule has 1 aliphatic heterocycles. The summed E-state index contributed by atoms with van der Waals surface area (Å²) in [5, 5.41) is 0.719. The zero-order valence-electron chi connectivity index (χ0n) is 11.4. The Morgan fingerprint density at radius 1 is 1.42 bits per heavy atom. The predicted octanol–water partition coefficient (Wildman–Crippen LogP) is 2.15. The maximum absolute atomic E-state index is 11.8. The first-order valence-corrected chi connectivity index (χ1v) is 9.30. The van der Waals surface area contributed by atoms with E-state index in [9.17, 15) is 8.42 Å². The molecule has 1 aliphatic rings. The Bertz CT molecular complexity index is 539. The second-order valence-corrected chi connectivity index (χ2v) is 7.87. The van der Waals surface area contributed by atoms with Crippen molar-refractivity contribution in [1.82, 2.24) is 4.37 Å². The van der Waals surface area contributed by atoms with Crippen molar-refractivity contribution >= 4 is 32.2 Å². The van der Waals surface area contributed by atoms with Gasteiger partial charge < -0.3 is 10.6 Å². The molecule has 1 saturated heterocycles. The van der Waals surface area contributed by atoms with Gasteiger partial charge >= 0.3 is 0 Å². The Morgan fingerprint density at radius 3 is 2.79 bits per heavy atom. The fourth-order valence-corrected chi connectivity index (χ4v) is 4.87. The van der Waals surface area contributed by atoms with Gasteiger partial charge in [-0.2, -0.15) is 4.37 Å². The molecule has 0 radical (unpaired) electrons. The van der Waals surface area contributed by atoms with Crippen LogP contribution in [0.4, 0.5) is 10.8 Å². The molecule has 108 valence electrons. The van der Waals surface area contributed by atoms with Crippen LogP contribution >= 0.6 is 11.5 Å². The maximum Gasteiger partial charge on any atom is 0.182 e. The van der Waals surface area contributed by atoms with Crippen LogP contribution in [0.1, 0.15) is 32.6 Å². The number of nitrogens with two attached hydrogens (primary N) is 1. The second-order valence-electron chi connectivity index (χ2n) is 5.17. The van der Waals surface area contributed by atoms with Crippen molar-refractivity contribution in [3.8, 4) is 0 Å². The first kappa shape index (κ1) is 14.6. The van der Waals surface area contributed by atoms with E-state index in [1.54, 1.807) is 0 Å². The van der Waals surface area contributed by atoms with E-state index in [0.717, 1.165) is 36.9 Å². The van der Waals surface area contributed by atoms with Crippen LogP contribution < -0.4 is 10.6 Å². The Hall–Kier alpha value is -0.820. The highest BCUT2D eigenvalue weighted by atomic mass is 32.2. The van der Waals surface area contributed by atoms with Crippen molar-refractivity contribution in [2.24, 2.45) is 5.92 Å². The summed E-state index contributed by atoms with van der Waals surface area (Å²) in [6, 6.07) is 0. The lowest BCUT2D eigenvalue weighted by Gasteiger charge is -2.21. The van der Waals surface area contributed by atoms with Crippen LogP contribution in [0, 0.1) is 5.92 Å². The minimum atomic E-state index is -3.32. The number of hydrogen-bond acceptors (Lipinski definition) is 6. The van der Waals surface area contributed by atoms with Crippen LogP contribution in [0.3, 0.4) is 0 Å². The Morgan fingerprint density at radius 2 is 2.16 bits per heavy atom. The summed E-state index contributed by atoms with van der Waals surface area (Å²) in [6.45, 7) is 4.00. The number of nitrogens with zero attached hydrogens (tertiary/aromatic N) is 2. The molecule has 2 heterocycles. The quantitative estimate of drug-likeness (QED) is 0.926. The highest BCUT2D eigenvalue weighted by Crippen LogP contribution is 2.36. The summed E-state index contributed by atoms with van der Waals surface area (Å²) < 4.78 is 27.7. The molecule has 0 bridgehead atoms. The largest absolute Gasteiger partial charge is 0.382 e. The van der Waals surface area contributed by atoms with E-state index in [0.29, 0.717) is 0 Å². The van der Waals surface area contributed by atoms with E-state index in [2.05, 4.69) is 16.2 Å². The van der Waals surface area contributed by atoms with Crippen LogP contribution in [0.2, 0.25) is 0 Å². The summed E-state index contributed by atoms with van der Waals surface area (Å²) in [5.41, 5.74) is 5.72. The molecular weight excluding hydrogens is 282 g/mol. The zero-order valence-corrected chi connectivity index (χ0v) is 13.1. The monoisotopic (exact) mass is 303 g/mol. The smallest absolute Gasteiger partial charge is 0.182 e. The predicted molar refractivity (Wildman–Crippen MR) is 79.5 cm³/mol. The van der Waals surface area contributed by atoms with Crippen LogP contribution in [0.15, 0.2) is 4.90 Å². The summed E-state index contributed by atoms with van der Waals surface area (Å²) in [6.07, 6.45) is 5.81. The lowest BCUT2D eigenvalue weighted by molar-refractivity contribution is 0.459. The first-order valence-electron chi connectivity index (χ1n) is 6.63. The molecule has 1 atom stereocenters. The molecule has 1 aromatic rings. The van der Waals surface area contributed by atoms with Gasteiger partial charge in [0.05, 0.1) is 0 Å². The number of aromatic nitrogens is 1. The van der Waals surface area contributed by atoms with Gasteiger partial charge in [0.1, 0.15) is 9.90 Å². The fourth-order valence-electron chi connectivity index (χ4n) is 2.61. The van der Waals surface area contributed by atoms with Crippen molar-refractivity contribution in [2.75, 3.05) is 30.0 Å². The minimum absolute atomic E-state index is 0.138. The number of rotatable bonds is 3. The van der Waals surface area contributed by atoms with Crippen LogP contribution in [0.25, 0.3) is 0 Å². The van der Waals surface area contributed by atoms with E-state index in [1.807, 2.05) is 0 Å². The molecule has 19 heavy (non-hydrogen) atoms. The number of sulfone groups is 1. The van der Waals surface area contributed by atoms with Crippen LogP contribution in [-0.4, -0.2) is 32.1 Å². The van der Waals surface area contributed by atoms with Crippen LogP contribution in [0.5, 0.6) is 0 Å². The van der Waals surface area contributed by atoms with Gasteiger partial charge in [0.2, 0.25) is 0 Å². The Balaban J connectivity index is 2.28. The zero-order chi connectivity index (χ0) is 14.0. The maximum atomic E-state index is 11.8. The SMILES string of the molecule is CCC1CCCN(c2snc(N)c2S(C)(=O)=O)CC1. The highest BCUT2D eigenvalue weighted by molar-refractivity contribution is 7.91. The lowest BCUT2D eigenvalue weighted by Crippen LogP contribution is -2.25. The summed E-state index contributed by atoms with van der Waals surface area (Å²) in [5.74, 6) is 0.885. The molecule has 2 rings (SSSR count). The molecule has 1 aromatic heterocycles. The number of nitrogen functional groups attached to an aromatic ring is 1. The second kappa shape index (κ2) is 5.66. The summed E-state index contributed by atoms with van der Waals surface area (Å²) >= 11 is 1.20. The lowest BCUT2D eigenvalue weighted by atomic mass is 9.98. The van der Waals surface area contributed by atoms with Crippen molar-refractivity contribution in [2.45, 2.75) is 37.5 Å². The van der Waals surface area contributed by atoms with Gasteiger partial charge in [-0.05, 0) is 36.7 Å². The van der Waals surface area contributed by atoms with E-state index in [1.165, 1.54) is 30.6 Å². The molecule has 0 amide bonds. The molecule has 7 heteroatoms. The van der Waals surface area contributed by atoms with Gasteiger partial charge in [-0.25, -0.2) is 8.42 Å². The molecule has 0 aromatic carbocycles. The van der Waals surface area contributed by atoms with Crippen molar-refractivity contribution in [1.29, 1.82) is 0 Å². The number of hydrogen-bond donors (Lipinski definition) is 1. The average Bonchev–Trinajstić information content (AvgIpc) is 2.60. The third kappa shape index (κ3) is 3.20. The van der Waals surface area contributed by atoms with Gasteiger partial charge in [0.15, 0.2) is 15.7 Å². The Labute approximate surface area is 118 Å². The molecule has 0 spiro atoms. The van der Waals surface area contributed by atoms with Gasteiger partial charge in [-0.3, -0.25) is 0 Å². The summed E-state index contributed by atoms with van der Waals surface area (Å²) in [4.78, 5) is 2.35. The van der Waals surface area contributed by atoms with E-state index in [-0.39, 0.29) is 10.7 Å². The summed E-state index contributed by atoms with van der Waals surface area (Å²) in [7, 11) is -3.32. The average molecular weight is 303 g/mol. The Kier molecular flexibility index (Phi) is 4.35. The van der Waals surface area contributed by atoms with E-state index >= 15 is 0 Å². The molecular formula is C12H21N3O2S2. The topological polar surface area (TPSA) is 76.3 Å². The van der Waals surface area contributed by atoms with Crippen molar-refractivity contribution in [3.63, 3.8) is 0 Å². The van der Waals surface area contributed by atoms with Crippen molar-refractivity contribution in [3.05, 3.63) is 0 Å². The molecule has 2 N–H and O–H groups in total. The van der Waals surface area contributed by atoms with E-state index < -0.39 is 9.84 Å². The normalized spacial score (nSPS) is 21.4. The molecule has 1 fully saturated rings. The third-order valence-corrected chi connectivity index (χ3v) is 5.94.